The van der Waals surface area contributed by atoms with E-state index in [0.717, 1.165) is 10.8 Å². The van der Waals surface area contributed by atoms with Crippen molar-refractivity contribution >= 4 is 28.2 Å². The number of benzene rings is 2. The van der Waals surface area contributed by atoms with Crippen LogP contribution in [0.25, 0.3) is 10.8 Å². The number of Topliss-reactive ketones (excluding diaryl/α,β-unsaturated/α-hetero) is 1. The Morgan fingerprint density at radius 1 is 1.09 bits per heavy atom. The number of methoxy groups -OCH3 is 1. The van der Waals surface area contributed by atoms with Crippen molar-refractivity contribution in [1.82, 2.24) is 0 Å². The lowest BCUT2D eigenvalue weighted by atomic mass is 9.99. The van der Waals surface area contributed by atoms with Gasteiger partial charge < -0.3 is 9.94 Å². The zero-order chi connectivity index (χ0) is 15.9. The molecule has 0 aliphatic heterocycles. The number of nitrogens with zero attached hydrogens (tertiary/aromatic N) is 1. The van der Waals surface area contributed by atoms with Gasteiger partial charge in [-0.1, -0.05) is 41.6 Å². The molecule has 0 atom stereocenters. The number of fused-ring (bicyclic) bond motifs is 1. The SMILES string of the molecule is COC(=O)CCCC(=NO)C(=O)c1ccc2ccccc2c1. The largest absolute Gasteiger partial charge is 0.469 e. The van der Waals surface area contributed by atoms with Gasteiger partial charge in [0.05, 0.1) is 7.11 Å². The van der Waals surface area contributed by atoms with Crippen molar-refractivity contribution in [1.29, 1.82) is 0 Å². The van der Waals surface area contributed by atoms with Crippen LogP contribution in [0.3, 0.4) is 0 Å². The van der Waals surface area contributed by atoms with Gasteiger partial charge in [0.2, 0.25) is 5.78 Å². The molecular formula is C17H17NO4. The van der Waals surface area contributed by atoms with Crippen molar-refractivity contribution in [3.05, 3.63) is 48.0 Å². The summed E-state index contributed by atoms with van der Waals surface area (Å²) >= 11 is 0. The fraction of sp³-hybridized carbons (Fsp3) is 0.235. The maximum Gasteiger partial charge on any atom is 0.305 e. The highest BCUT2D eigenvalue weighted by molar-refractivity contribution is 6.46. The van der Waals surface area contributed by atoms with E-state index in [1.165, 1.54) is 7.11 Å². The van der Waals surface area contributed by atoms with E-state index in [1.807, 2.05) is 30.3 Å². The minimum absolute atomic E-state index is 0.0409. The topological polar surface area (TPSA) is 76.0 Å². The molecule has 0 aliphatic carbocycles. The monoisotopic (exact) mass is 299 g/mol. The standard InChI is InChI=1S/C17H17NO4/c1-22-16(19)8-4-7-15(18-21)17(20)14-10-9-12-5-2-3-6-13(12)11-14/h2-3,5-6,9-11,21H,4,7-8H2,1H3. The number of ether oxygens (including phenoxy) is 1. The van der Waals surface area contributed by atoms with Crippen molar-refractivity contribution < 1.29 is 19.5 Å². The molecule has 2 rings (SSSR count). The summed E-state index contributed by atoms with van der Waals surface area (Å²) in [6, 6.07) is 13.0. The first-order valence-electron chi connectivity index (χ1n) is 6.97. The second kappa shape index (κ2) is 7.36. The van der Waals surface area contributed by atoms with Crippen LogP contribution in [0, 0.1) is 0 Å². The maximum absolute atomic E-state index is 12.4. The normalized spacial score (nSPS) is 11.4. The lowest BCUT2D eigenvalue weighted by molar-refractivity contribution is -0.140. The van der Waals surface area contributed by atoms with Crippen molar-refractivity contribution in [2.75, 3.05) is 7.11 Å². The summed E-state index contributed by atoms with van der Waals surface area (Å²) in [5.41, 5.74) is 0.503. The van der Waals surface area contributed by atoms with Crippen LogP contribution in [0.15, 0.2) is 47.6 Å². The Labute approximate surface area is 128 Å². The molecule has 0 unspecified atom stereocenters. The van der Waals surface area contributed by atoms with Gasteiger partial charge in [0.1, 0.15) is 5.71 Å². The summed E-state index contributed by atoms with van der Waals surface area (Å²) in [5.74, 6) is -0.687. The van der Waals surface area contributed by atoms with Crippen LogP contribution in [-0.4, -0.2) is 29.8 Å². The van der Waals surface area contributed by atoms with Gasteiger partial charge in [-0.25, -0.2) is 0 Å². The van der Waals surface area contributed by atoms with Crippen molar-refractivity contribution in [3.8, 4) is 0 Å². The highest BCUT2D eigenvalue weighted by Gasteiger charge is 2.15. The van der Waals surface area contributed by atoms with E-state index in [9.17, 15) is 9.59 Å². The Kier molecular flexibility index (Phi) is 5.25. The third kappa shape index (κ3) is 3.69. The number of rotatable bonds is 6. The van der Waals surface area contributed by atoms with Gasteiger partial charge in [-0.05, 0) is 29.7 Å². The molecule has 0 amide bonds. The molecule has 114 valence electrons. The molecule has 0 saturated carbocycles. The summed E-state index contributed by atoms with van der Waals surface area (Å²) in [6.07, 6.45) is 0.795. The Hall–Kier alpha value is -2.69. The molecule has 0 bridgehead atoms. The summed E-state index contributed by atoms with van der Waals surface area (Å²) in [7, 11) is 1.31. The molecule has 0 heterocycles. The molecule has 0 aromatic heterocycles. The van der Waals surface area contributed by atoms with Crippen LogP contribution < -0.4 is 0 Å². The predicted octanol–water partition coefficient (Wildman–Crippen LogP) is 3.20. The average molecular weight is 299 g/mol. The van der Waals surface area contributed by atoms with Crippen molar-refractivity contribution in [3.63, 3.8) is 0 Å². The molecule has 2 aromatic rings. The van der Waals surface area contributed by atoms with Gasteiger partial charge in [-0.3, -0.25) is 9.59 Å². The zero-order valence-electron chi connectivity index (χ0n) is 12.3. The number of carbonyl (C=O) groups is 2. The second-order valence-corrected chi connectivity index (χ2v) is 4.87. The minimum atomic E-state index is -0.351. The third-order valence-corrected chi connectivity index (χ3v) is 3.42. The van der Waals surface area contributed by atoms with Crippen LogP contribution in [-0.2, 0) is 9.53 Å². The number of esters is 1. The highest BCUT2D eigenvalue weighted by atomic mass is 16.5. The lowest BCUT2D eigenvalue weighted by Gasteiger charge is -2.05. The highest BCUT2D eigenvalue weighted by Crippen LogP contribution is 2.17. The van der Waals surface area contributed by atoms with Crippen LogP contribution in [0.4, 0.5) is 0 Å². The van der Waals surface area contributed by atoms with Crippen LogP contribution >= 0.6 is 0 Å². The fourth-order valence-electron chi connectivity index (χ4n) is 2.21. The Balaban J connectivity index is 2.11. The summed E-state index contributed by atoms with van der Waals surface area (Å²) in [4.78, 5) is 23.4. The van der Waals surface area contributed by atoms with E-state index >= 15 is 0 Å². The molecule has 0 spiro atoms. The van der Waals surface area contributed by atoms with Gasteiger partial charge in [0, 0.05) is 12.0 Å². The zero-order valence-corrected chi connectivity index (χ0v) is 12.3. The molecular weight excluding hydrogens is 282 g/mol. The molecule has 2 aromatic carbocycles. The molecule has 5 nitrogen and oxygen atoms in total. The van der Waals surface area contributed by atoms with E-state index in [1.54, 1.807) is 12.1 Å². The number of carbonyl (C=O) groups excluding carboxylic acids is 2. The van der Waals surface area contributed by atoms with E-state index in [-0.39, 0.29) is 30.3 Å². The minimum Gasteiger partial charge on any atom is -0.469 e. The predicted molar refractivity (Wildman–Crippen MR) is 83.4 cm³/mol. The number of hydrogen-bond donors (Lipinski definition) is 1. The number of hydrogen-bond acceptors (Lipinski definition) is 5. The van der Waals surface area contributed by atoms with Gasteiger partial charge in [-0.15, -0.1) is 0 Å². The van der Waals surface area contributed by atoms with Gasteiger partial charge >= 0.3 is 5.97 Å². The van der Waals surface area contributed by atoms with Crippen molar-refractivity contribution in [2.24, 2.45) is 5.16 Å². The van der Waals surface area contributed by atoms with E-state index < -0.39 is 0 Å². The third-order valence-electron chi connectivity index (χ3n) is 3.42. The average Bonchev–Trinajstić information content (AvgIpc) is 2.57. The Morgan fingerprint density at radius 2 is 1.82 bits per heavy atom. The molecule has 0 aliphatic rings. The molecule has 5 heteroatoms. The number of ketones is 1. The Morgan fingerprint density at radius 3 is 2.50 bits per heavy atom. The second-order valence-electron chi connectivity index (χ2n) is 4.87. The smallest absolute Gasteiger partial charge is 0.305 e. The number of oxime groups is 1. The first-order chi connectivity index (χ1) is 10.7. The molecule has 0 fully saturated rings. The quantitative estimate of drug-likeness (QED) is 0.292. The summed E-state index contributed by atoms with van der Waals surface area (Å²) in [6.45, 7) is 0. The van der Waals surface area contributed by atoms with Crippen molar-refractivity contribution in [2.45, 2.75) is 19.3 Å². The maximum atomic E-state index is 12.4. The van der Waals surface area contributed by atoms with Gasteiger partial charge in [0.15, 0.2) is 0 Å². The lowest BCUT2D eigenvalue weighted by Crippen LogP contribution is -2.15. The van der Waals surface area contributed by atoms with Gasteiger partial charge in [-0.2, -0.15) is 0 Å². The molecule has 0 radical (unpaired) electrons. The first-order valence-corrected chi connectivity index (χ1v) is 6.97. The summed E-state index contributed by atoms with van der Waals surface area (Å²) in [5, 5.41) is 14.1. The summed E-state index contributed by atoms with van der Waals surface area (Å²) < 4.78 is 4.53. The Bertz CT molecular complexity index is 721. The molecule has 1 N–H and O–H groups in total. The van der Waals surface area contributed by atoms with Crippen LogP contribution in [0.5, 0.6) is 0 Å². The molecule has 0 saturated heterocycles. The molecule has 22 heavy (non-hydrogen) atoms. The van der Waals surface area contributed by atoms with E-state index in [4.69, 9.17) is 5.21 Å². The van der Waals surface area contributed by atoms with Crippen LogP contribution in [0.2, 0.25) is 0 Å². The first kappa shape index (κ1) is 15.7. The van der Waals surface area contributed by atoms with E-state index in [0.29, 0.717) is 12.0 Å². The van der Waals surface area contributed by atoms with Crippen LogP contribution in [0.1, 0.15) is 29.6 Å². The van der Waals surface area contributed by atoms with E-state index in [2.05, 4.69) is 9.89 Å². The van der Waals surface area contributed by atoms with Gasteiger partial charge in [0.25, 0.3) is 0 Å². The fourth-order valence-corrected chi connectivity index (χ4v) is 2.21.